The van der Waals surface area contributed by atoms with Gasteiger partial charge in [-0.15, -0.1) is 0 Å². The SMILES string of the molecule is Cc1nn(C)c2nc(-c3ccco3)cc(C(=O)Nc3cccc(-c4cn5c(n4)CCCC5)c3)c12. The first-order valence-corrected chi connectivity index (χ1v) is 11.4. The van der Waals surface area contributed by atoms with Gasteiger partial charge >= 0.3 is 0 Å². The van der Waals surface area contributed by atoms with Crippen molar-refractivity contribution < 1.29 is 9.21 Å². The fraction of sp³-hybridized carbons (Fsp3) is 0.231. The molecule has 0 unspecified atom stereocenters. The number of carbonyl (C=O) groups is 1. The topological polar surface area (TPSA) is 90.8 Å². The van der Waals surface area contributed by atoms with Gasteiger partial charge in [-0.3, -0.25) is 9.48 Å². The molecule has 8 heteroatoms. The molecular formula is C26H24N6O2. The summed E-state index contributed by atoms with van der Waals surface area (Å²) in [5.41, 5.74) is 5.09. The molecule has 1 amide bonds. The number of nitrogens with one attached hydrogen (secondary N) is 1. The van der Waals surface area contributed by atoms with Crippen molar-refractivity contribution in [2.75, 3.05) is 5.32 Å². The molecule has 1 N–H and O–H groups in total. The number of rotatable bonds is 4. The van der Waals surface area contributed by atoms with Gasteiger partial charge in [0.1, 0.15) is 11.5 Å². The van der Waals surface area contributed by atoms with E-state index < -0.39 is 0 Å². The summed E-state index contributed by atoms with van der Waals surface area (Å²) in [6.45, 7) is 2.90. The van der Waals surface area contributed by atoms with Crippen molar-refractivity contribution in [2.24, 2.45) is 7.05 Å². The van der Waals surface area contributed by atoms with Crippen molar-refractivity contribution >= 4 is 22.6 Å². The molecule has 6 rings (SSSR count). The lowest BCUT2D eigenvalue weighted by atomic mass is 10.1. The van der Waals surface area contributed by atoms with Crippen LogP contribution in [0.1, 0.15) is 34.7 Å². The summed E-state index contributed by atoms with van der Waals surface area (Å²) >= 11 is 0. The van der Waals surface area contributed by atoms with E-state index in [0.29, 0.717) is 28.4 Å². The minimum atomic E-state index is -0.224. The maximum atomic E-state index is 13.5. The van der Waals surface area contributed by atoms with Crippen LogP contribution >= 0.6 is 0 Å². The molecule has 4 aromatic heterocycles. The average Bonchev–Trinajstić information content (AvgIpc) is 3.58. The molecule has 5 aromatic rings. The van der Waals surface area contributed by atoms with Crippen LogP contribution in [0.3, 0.4) is 0 Å². The molecule has 0 bridgehead atoms. The van der Waals surface area contributed by atoms with Gasteiger partial charge in [0.2, 0.25) is 0 Å². The van der Waals surface area contributed by atoms with Crippen LogP contribution in [0.15, 0.2) is 59.3 Å². The molecule has 0 saturated carbocycles. The van der Waals surface area contributed by atoms with Crippen LogP contribution in [0.5, 0.6) is 0 Å². The Labute approximate surface area is 196 Å². The summed E-state index contributed by atoms with van der Waals surface area (Å²) in [4.78, 5) is 23.0. The number of fused-ring (bicyclic) bond motifs is 2. The Morgan fingerprint density at radius 2 is 2.00 bits per heavy atom. The lowest BCUT2D eigenvalue weighted by molar-refractivity contribution is 0.102. The molecule has 0 fully saturated rings. The second-order valence-electron chi connectivity index (χ2n) is 8.67. The number of hydrogen-bond donors (Lipinski definition) is 1. The minimum absolute atomic E-state index is 0.224. The molecule has 34 heavy (non-hydrogen) atoms. The van der Waals surface area contributed by atoms with Gasteiger partial charge in [0.15, 0.2) is 11.4 Å². The lowest BCUT2D eigenvalue weighted by Gasteiger charge is -2.11. The van der Waals surface area contributed by atoms with Gasteiger partial charge in [0, 0.05) is 37.5 Å². The molecule has 170 valence electrons. The third kappa shape index (κ3) is 3.48. The zero-order chi connectivity index (χ0) is 23.2. The Kier molecular flexibility index (Phi) is 4.79. The molecule has 0 saturated heterocycles. The number of hydrogen-bond acceptors (Lipinski definition) is 5. The summed E-state index contributed by atoms with van der Waals surface area (Å²) in [6, 6.07) is 13.2. The van der Waals surface area contributed by atoms with Crippen molar-refractivity contribution in [3.63, 3.8) is 0 Å². The quantitative estimate of drug-likeness (QED) is 0.415. The number of furan rings is 1. The average molecular weight is 453 g/mol. The smallest absolute Gasteiger partial charge is 0.256 e. The largest absolute Gasteiger partial charge is 0.463 e. The zero-order valence-electron chi connectivity index (χ0n) is 19.1. The first-order valence-electron chi connectivity index (χ1n) is 11.4. The third-order valence-corrected chi connectivity index (χ3v) is 6.31. The van der Waals surface area contributed by atoms with Crippen molar-refractivity contribution in [1.82, 2.24) is 24.3 Å². The molecule has 8 nitrogen and oxygen atoms in total. The number of anilines is 1. The fourth-order valence-corrected chi connectivity index (χ4v) is 4.68. The monoisotopic (exact) mass is 452 g/mol. The van der Waals surface area contributed by atoms with E-state index in [4.69, 9.17) is 9.40 Å². The van der Waals surface area contributed by atoms with Crippen molar-refractivity contribution in [3.05, 3.63) is 72.0 Å². The van der Waals surface area contributed by atoms with Crippen molar-refractivity contribution in [1.29, 1.82) is 0 Å². The van der Waals surface area contributed by atoms with Crippen LogP contribution in [0.2, 0.25) is 0 Å². The van der Waals surface area contributed by atoms with Gasteiger partial charge in [0.25, 0.3) is 5.91 Å². The molecule has 1 aliphatic rings. The second kappa shape index (κ2) is 7.98. The number of imidazole rings is 1. The molecule has 0 aliphatic carbocycles. The maximum Gasteiger partial charge on any atom is 0.256 e. The van der Waals surface area contributed by atoms with Gasteiger partial charge in [-0.25, -0.2) is 9.97 Å². The van der Waals surface area contributed by atoms with Gasteiger partial charge in [-0.1, -0.05) is 12.1 Å². The van der Waals surface area contributed by atoms with Crippen LogP contribution in [0, 0.1) is 6.92 Å². The van der Waals surface area contributed by atoms with Crippen LogP contribution in [-0.2, 0) is 20.0 Å². The Balaban J connectivity index is 1.36. The van der Waals surface area contributed by atoms with E-state index in [1.807, 2.05) is 44.3 Å². The number of pyridine rings is 1. The highest BCUT2D eigenvalue weighted by Gasteiger charge is 2.21. The molecule has 5 heterocycles. The third-order valence-electron chi connectivity index (χ3n) is 6.31. The highest BCUT2D eigenvalue weighted by molar-refractivity contribution is 6.13. The molecule has 0 radical (unpaired) electrons. The Morgan fingerprint density at radius 3 is 2.82 bits per heavy atom. The minimum Gasteiger partial charge on any atom is -0.463 e. The zero-order valence-corrected chi connectivity index (χ0v) is 19.1. The number of benzene rings is 1. The fourth-order valence-electron chi connectivity index (χ4n) is 4.68. The highest BCUT2D eigenvalue weighted by atomic mass is 16.3. The first kappa shape index (κ1) is 20.4. The Hall–Kier alpha value is -4.20. The maximum absolute atomic E-state index is 13.5. The van der Waals surface area contributed by atoms with E-state index in [2.05, 4.69) is 26.2 Å². The van der Waals surface area contributed by atoms with Gasteiger partial charge in [-0.2, -0.15) is 5.10 Å². The van der Waals surface area contributed by atoms with Gasteiger partial charge in [-0.05, 0) is 50.1 Å². The van der Waals surface area contributed by atoms with Gasteiger partial charge < -0.3 is 14.3 Å². The first-order chi connectivity index (χ1) is 16.6. The molecule has 0 atom stereocenters. The Bertz CT molecular complexity index is 1500. The number of amides is 1. The standard InChI is InChI=1S/C26H24N6O2/c1-16-24-19(14-20(22-9-6-12-34-22)29-25(24)31(2)30-16)26(33)27-18-8-5-7-17(13-18)21-15-32-11-4-3-10-23(32)28-21/h5-9,12-15H,3-4,10-11H2,1-2H3,(H,27,33). The van der Waals surface area contributed by atoms with Crippen LogP contribution in [0.4, 0.5) is 5.69 Å². The number of aromatic nitrogens is 5. The molecular weight excluding hydrogens is 428 g/mol. The van der Waals surface area contributed by atoms with E-state index in [1.54, 1.807) is 23.1 Å². The van der Waals surface area contributed by atoms with Crippen molar-refractivity contribution in [3.8, 4) is 22.7 Å². The predicted molar refractivity (Wildman–Crippen MR) is 130 cm³/mol. The summed E-state index contributed by atoms with van der Waals surface area (Å²) in [5.74, 6) is 1.51. The molecule has 1 aromatic carbocycles. The van der Waals surface area contributed by atoms with Crippen molar-refractivity contribution in [2.45, 2.75) is 32.7 Å². The second-order valence-corrected chi connectivity index (χ2v) is 8.67. The highest BCUT2D eigenvalue weighted by Crippen LogP contribution is 2.29. The predicted octanol–water partition coefficient (Wildman–Crippen LogP) is 4.99. The van der Waals surface area contributed by atoms with E-state index in [1.165, 1.54) is 12.8 Å². The van der Waals surface area contributed by atoms with E-state index in [9.17, 15) is 4.79 Å². The van der Waals surface area contributed by atoms with E-state index in [0.717, 1.165) is 41.1 Å². The number of aryl methyl sites for hydroxylation is 4. The lowest BCUT2D eigenvalue weighted by Crippen LogP contribution is -2.13. The number of nitrogens with zero attached hydrogens (tertiary/aromatic N) is 5. The number of carbonyl (C=O) groups excluding carboxylic acids is 1. The molecule has 0 spiro atoms. The molecule has 1 aliphatic heterocycles. The summed E-state index contributed by atoms with van der Waals surface area (Å²) in [5, 5.41) is 8.27. The Morgan fingerprint density at radius 1 is 1.09 bits per heavy atom. The van der Waals surface area contributed by atoms with Gasteiger partial charge in [0.05, 0.1) is 28.6 Å². The van der Waals surface area contributed by atoms with Crippen LogP contribution in [0.25, 0.3) is 33.7 Å². The summed E-state index contributed by atoms with van der Waals surface area (Å²) < 4.78 is 9.46. The normalized spacial score (nSPS) is 13.2. The summed E-state index contributed by atoms with van der Waals surface area (Å²) in [7, 11) is 1.82. The van der Waals surface area contributed by atoms with Crippen LogP contribution < -0.4 is 5.32 Å². The van der Waals surface area contributed by atoms with E-state index in [-0.39, 0.29) is 5.91 Å². The summed E-state index contributed by atoms with van der Waals surface area (Å²) in [6.07, 6.45) is 7.08. The van der Waals surface area contributed by atoms with Crippen LogP contribution in [-0.4, -0.2) is 30.2 Å². The van der Waals surface area contributed by atoms with E-state index >= 15 is 0 Å².